The number of rotatable bonds is 8. The van der Waals surface area contributed by atoms with Crippen LogP contribution in [0.5, 0.6) is 0 Å². The molecule has 53 heavy (non-hydrogen) atoms. The molecule has 0 saturated heterocycles. The van der Waals surface area contributed by atoms with Gasteiger partial charge in [0.05, 0.1) is 24.9 Å². The molecule has 0 saturated carbocycles. The smallest absolute Gasteiger partial charge is 0.0798 e. The third-order valence-electron chi connectivity index (χ3n) is 9.15. The van der Waals surface area contributed by atoms with Crippen molar-refractivity contribution in [2.75, 3.05) is 0 Å². The van der Waals surface area contributed by atoms with Crippen molar-refractivity contribution in [2.45, 2.75) is 60.1 Å². The van der Waals surface area contributed by atoms with Gasteiger partial charge < -0.3 is 9.55 Å². The first-order valence-corrected chi connectivity index (χ1v) is 22.5. The Bertz CT molecular complexity index is 2570. The number of aromatic nitrogens is 3. The molecule has 0 amide bonds. The summed E-state index contributed by atoms with van der Waals surface area (Å²) in [6.07, 6.45) is 1.83. The molecule has 0 bridgehead atoms. The van der Waals surface area contributed by atoms with Crippen molar-refractivity contribution in [2.24, 2.45) is 11.8 Å². The van der Waals surface area contributed by atoms with Gasteiger partial charge >= 0.3 is 0 Å². The van der Waals surface area contributed by atoms with Gasteiger partial charge in [-0.2, -0.15) is 0 Å². The Morgan fingerprint density at radius 2 is 1.57 bits per heavy atom. The second-order valence-electron chi connectivity index (χ2n) is 15.2. The Hall–Kier alpha value is -4.19. The van der Waals surface area contributed by atoms with Crippen LogP contribution < -0.4 is 5.19 Å². The Morgan fingerprint density at radius 1 is 0.811 bits per heavy atom. The molecule has 0 spiro atoms. The largest absolute Gasteiger partial charge is 0.333 e. The predicted molar refractivity (Wildman–Crippen MR) is 227 cm³/mol. The van der Waals surface area contributed by atoms with E-state index in [1.807, 2.05) is 68.4 Å². The number of nitrogens with zero attached hydrogens (tertiary/aromatic N) is 3. The molecule has 0 unspecified atom stereocenters. The molecule has 3 aromatic heterocycles. The normalized spacial score (nSPS) is 12.5. The summed E-state index contributed by atoms with van der Waals surface area (Å²) in [7, 11) is -1.34. The van der Waals surface area contributed by atoms with E-state index in [9.17, 15) is 0 Å². The first kappa shape index (κ1) is 35.8. The third-order valence-corrected chi connectivity index (χ3v) is 12.1. The van der Waals surface area contributed by atoms with E-state index in [1.165, 1.54) is 21.5 Å². The summed E-state index contributed by atoms with van der Waals surface area (Å²) in [5.41, 5.74) is 8.21. The van der Waals surface area contributed by atoms with Crippen LogP contribution in [0.4, 0.5) is 0 Å². The third kappa shape index (κ3) is 8.63. The average Bonchev–Trinajstić information content (AvgIpc) is 3.76. The minimum Gasteiger partial charge on any atom is -0.333 e. The molecule has 8 aromatic rings. The van der Waals surface area contributed by atoms with E-state index in [-0.39, 0.29) is 26.0 Å². The van der Waals surface area contributed by atoms with Gasteiger partial charge in [0.2, 0.25) is 0 Å². The van der Waals surface area contributed by atoms with Crippen LogP contribution in [0.2, 0.25) is 19.6 Å². The standard InChI is InChI=1S/C29H23N2S.C18H24NSi.Ir/c1-19(2)15-20-11-14-28-24(16-20)25(18-32-28)29-30-26-9-5-6-10-27(26)31(29)23-13-12-21-7-3-4-8-22(21)17-23;1-14(2)11-16-12-17(15-9-7-6-8-10-15)19-13-18(16)20(3,4)5;/h3-14,16-17,19H,15H2,1-2H3;6-9,12-14H,11H2,1-5H3;/q2*-1;/i15D2;;. The Morgan fingerprint density at radius 3 is 2.30 bits per heavy atom. The summed E-state index contributed by atoms with van der Waals surface area (Å²) in [5, 5.41) is 8.34. The molecule has 5 aromatic carbocycles. The minimum atomic E-state index is -1.41. The Labute approximate surface area is 336 Å². The van der Waals surface area contributed by atoms with Crippen molar-refractivity contribution < 1.29 is 22.8 Å². The van der Waals surface area contributed by atoms with Crippen molar-refractivity contribution in [1.29, 1.82) is 0 Å². The van der Waals surface area contributed by atoms with E-state index in [0.29, 0.717) is 11.5 Å². The van der Waals surface area contributed by atoms with Gasteiger partial charge in [-0.1, -0.05) is 135 Å². The van der Waals surface area contributed by atoms with E-state index in [4.69, 9.17) is 7.73 Å². The fourth-order valence-corrected chi connectivity index (χ4v) is 9.23. The summed E-state index contributed by atoms with van der Waals surface area (Å²) in [5.74, 6) is 1.36. The quantitative estimate of drug-likeness (QED) is 0.112. The molecule has 0 atom stereocenters. The van der Waals surface area contributed by atoms with Crippen LogP contribution in [0, 0.1) is 23.3 Å². The van der Waals surface area contributed by atoms with E-state index in [0.717, 1.165) is 55.9 Å². The molecule has 271 valence electrons. The minimum absolute atomic E-state index is 0. The summed E-state index contributed by atoms with van der Waals surface area (Å²) in [4.78, 5) is 9.72. The molecule has 0 fully saturated rings. The molecule has 0 N–H and O–H groups in total. The molecule has 0 aliphatic rings. The number of thiophene rings is 1. The monoisotopic (exact) mass is 908 g/mol. The first-order chi connectivity index (χ1) is 25.8. The maximum atomic E-state index is 8.61. The van der Waals surface area contributed by atoms with Crippen LogP contribution in [-0.4, -0.2) is 22.6 Å². The van der Waals surface area contributed by atoms with Gasteiger partial charge in [-0.3, -0.25) is 16.3 Å². The molecule has 0 aliphatic carbocycles. The summed E-state index contributed by atoms with van der Waals surface area (Å²) >= 11 is 1.55. The number of hydrogen-bond acceptors (Lipinski definition) is 3. The maximum absolute atomic E-state index is 8.61. The number of fused-ring (bicyclic) bond motifs is 3. The van der Waals surface area contributed by atoms with Gasteiger partial charge in [-0.25, -0.2) is 0 Å². The number of benzene rings is 5. The zero-order valence-electron chi connectivity index (χ0n) is 33.5. The molecule has 3 nitrogen and oxygen atoms in total. The molecule has 6 heteroatoms. The van der Waals surface area contributed by atoms with Crippen molar-refractivity contribution in [1.82, 2.24) is 14.5 Å². The van der Waals surface area contributed by atoms with E-state index >= 15 is 0 Å². The second kappa shape index (κ2) is 16.4. The van der Waals surface area contributed by atoms with E-state index < -0.39 is 14.4 Å². The molecular formula is C47H47IrN3SSi-2. The van der Waals surface area contributed by atoms with Gasteiger partial charge in [0.25, 0.3) is 0 Å². The van der Waals surface area contributed by atoms with Crippen molar-refractivity contribution in [3.63, 3.8) is 0 Å². The van der Waals surface area contributed by atoms with Crippen LogP contribution in [0.3, 0.4) is 0 Å². The van der Waals surface area contributed by atoms with E-state index in [2.05, 4.69) is 121 Å². The van der Waals surface area contributed by atoms with Gasteiger partial charge in [-0.15, -0.1) is 47.3 Å². The zero-order valence-corrected chi connectivity index (χ0v) is 35.7. The summed E-state index contributed by atoms with van der Waals surface area (Å²) < 4.78 is 20.5. The molecule has 8 rings (SSSR count). The van der Waals surface area contributed by atoms with Crippen molar-refractivity contribution >= 4 is 56.5 Å². The Kier molecular flexibility index (Phi) is 11.1. The van der Waals surface area contributed by atoms with Crippen molar-refractivity contribution in [3.8, 4) is 28.3 Å². The van der Waals surface area contributed by atoms with E-state index in [1.54, 1.807) is 11.3 Å². The second-order valence-corrected chi connectivity index (χ2v) is 21.1. The molecular weight excluding hydrogens is 859 g/mol. The Balaban J connectivity index is 0.000000211. The van der Waals surface area contributed by atoms with Crippen LogP contribution in [0.15, 0.2) is 121 Å². The van der Waals surface area contributed by atoms with Crippen molar-refractivity contribution in [3.05, 3.63) is 144 Å². The van der Waals surface area contributed by atoms with Crippen LogP contribution in [0.25, 0.3) is 60.2 Å². The summed E-state index contributed by atoms with van der Waals surface area (Å²) in [6, 6.07) is 42.5. The molecule has 1 radical (unpaired) electrons. The fraction of sp³-hybridized carbons (Fsp3) is 0.234. The van der Waals surface area contributed by atoms with Gasteiger partial charge in [0, 0.05) is 34.7 Å². The van der Waals surface area contributed by atoms with Gasteiger partial charge in [-0.05, 0) is 70.5 Å². The zero-order chi connectivity index (χ0) is 38.2. The molecule has 3 heterocycles. The maximum Gasteiger partial charge on any atom is 0.0798 e. The van der Waals surface area contributed by atoms with Crippen LogP contribution in [-0.2, 0) is 32.9 Å². The average molecular weight is 908 g/mol. The predicted octanol–water partition coefficient (Wildman–Crippen LogP) is 12.3. The number of para-hydroxylation sites is 2. The number of pyridine rings is 1. The molecule has 0 aliphatic heterocycles. The van der Waals surface area contributed by atoms with Crippen LogP contribution >= 0.6 is 11.3 Å². The SMILES string of the molecule is CC(C)Cc1cc(-c2[c-]cccc2)ncc1[Si](C)(C)C.[2H]C([2H])(c1ccc2s[c-]c(-c3nc4ccccc4n3-c3ccc4ccccc4c3)c2c1)C(C)C.[Ir]. The van der Waals surface area contributed by atoms with Crippen LogP contribution in [0.1, 0.15) is 41.6 Å². The topological polar surface area (TPSA) is 30.7 Å². The number of hydrogen-bond donors (Lipinski definition) is 0. The fourth-order valence-electron chi connectivity index (χ4n) is 6.82. The first-order valence-electron chi connectivity index (χ1n) is 19.2. The number of imidazole rings is 1. The van der Waals surface area contributed by atoms with Gasteiger partial charge in [0.15, 0.2) is 0 Å². The summed E-state index contributed by atoms with van der Waals surface area (Å²) in [6.45, 7) is 15.6. The van der Waals surface area contributed by atoms with Gasteiger partial charge in [0.1, 0.15) is 0 Å².